The van der Waals surface area contributed by atoms with E-state index in [1.807, 2.05) is 6.07 Å². The summed E-state index contributed by atoms with van der Waals surface area (Å²) >= 11 is 0. The minimum absolute atomic E-state index is 0.0221. The Kier molecular flexibility index (Phi) is 5.13. The molecule has 0 bridgehead atoms. The monoisotopic (exact) mass is 373 g/mol. The van der Waals surface area contributed by atoms with Crippen molar-refractivity contribution in [1.29, 1.82) is 0 Å². The van der Waals surface area contributed by atoms with Crippen molar-refractivity contribution in [2.45, 2.75) is 4.90 Å². The summed E-state index contributed by atoms with van der Waals surface area (Å²) in [4.78, 5) is 12.3. The molecule has 134 valence electrons. The van der Waals surface area contributed by atoms with Crippen LogP contribution in [0, 0.1) is 5.82 Å². The van der Waals surface area contributed by atoms with Gasteiger partial charge in [-0.25, -0.2) is 17.5 Å². The maximum Gasteiger partial charge on any atom is 0.251 e. The molecule has 0 aliphatic carbocycles. The molecule has 1 amide bonds. The van der Waals surface area contributed by atoms with Crippen molar-refractivity contribution >= 4 is 15.7 Å². The predicted octanol–water partition coefficient (Wildman–Crippen LogP) is 2.22. The van der Waals surface area contributed by atoms with Gasteiger partial charge in [-0.05, 0) is 48.5 Å². The number of carbonyl (C=O) groups excluding carboxylic acids is 1. The molecule has 0 radical (unpaired) electrons. The van der Waals surface area contributed by atoms with Gasteiger partial charge in [0.25, 0.3) is 5.91 Å². The second kappa shape index (κ2) is 7.49. The van der Waals surface area contributed by atoms with E-state index in [2.05, 4.69) is 10.4 Å². The van der Waals surface area contributed by atoms with E-state index in [9.17, 15) is 17.6 Å². The lowest BCUT2D eigenvalue weighted by Gasteiger charge is -2.08. The molecule has 0 fully saturated rings. The molecule has 26 heavy (non-hydrogen) atoms. The first-order valence-corrected chi connectivity index (χ1v) is 9.47. The second-order valence-electron chi connectivity index (χ2n) is 5.53. The Morgan fingerprint density at radius 1 is 1.12 bits per heavy atom. The summed E-state index contributed by atoms with van der Waals surface area (Å²) in [6.45, 7) is -0.0511. The zero-order valence-corrected chi connectivity index (χ0v) is 14.5. The third kappa shape index (κ3) is 4.15. The van der Waals surface area contributed by atoms with Crippen LogP contribution in [0.2, 0.25) is 0 Å². The van der Waals surface area contributed by atoms with Crippen LogP contribution >= 0.6 is 0 Å². The smallest absolute Gasteiger partial charge is 0.251 e. The quantitative estimate of drug-likeness (QED) is 0.672. The van der Waals surface area contributed by atoms with E-state index in [-0.39, 0.29) is 23.1 Å². The van der Waals surface area contributed by atoms with E-state index in [1.165, 1.54) is 12.1 Å². The topological polar surface area (TPSA) is 81.1 Å². The summed E-state index contributed by atoms with van der Waals surface area (Å²) in [5, 5.41) is 6.69. The minimum atomic E-state index is -3.59. The third-order valence-electron chi connectivity index (χ3n) is 3.71. The van der Waals surface area contributed by atoms with Crippen LogP contribution in [0.3, 0.4) is 0 Å². The lowest BCUT2D eigenvalue weighted by molar-refractivity contribution is 0.0956. The molecule has 0 aliphatic rings. The normalized spacial score (nSPS) is 11.3. The summed E-state index contributed by atoms with van der Waals surface area (Å²) in [6.07, 6.45) is 3.39. The van der Waals surface area contributed by atoms with Crippen molar-refractivity contribution in [3.8, 4) is 5.69 Å². The first-order chi connectivity index (χ1) is 12.5. The number of sulfone groups is 1. The Hall–Kier alpha value is -3.00. The molecule has 8 heteroatoms. The van der Waals surface area contributed by atoms with Crippen LogP contribution in [0.1, 0.15) is 10.4 Å². The lowest BCUT2D eigenvalue weighted by Crippen LogP contribution is -2.29. The van der Waals surface area contributed by atoms with Crippen LogP contribution in [0.15, 0.2) is 71.9 Å². The molecule has 1 heterocycles. The number of nitrogens with one attached hydrogen (secondary N) is 1. The Morgan fingerprint density at radius 3 is 2.58 bits per heavy atom. The van der Waals surface area contributed by atoms with Gasteiger partial charge in [-0.2, -0.15) is 5.10 Å². The molecular weight excluding hydrogens is 357 g/mol. The first kappa shape index (κ1) is 17.8. The number of hydrogen-bond donors (Lipinski definition) is 1. The maximum absolute atomic E-state index is 12.9. The average molecular weight is 373 g/mol. The number of nitrogens with zero attached hydrogens (tertiary/aromatic N) is 2. The van der Waals surface area contributed by atoms with Crippen molar-refractivity contribution < 1.29 is 17.6 Å². The van der Waals surface area contributed by atoms with Crippen molar-refractivity contribution in [2.75, 3.05) is 12.3 Å². The lowest BCUT2D eigenvalue weighted by atomic mass is 10.2. The molecule has 3 aromatic rings. The molecule has 0 aliphatic heterocycles. The van der Waals surface area contributed by atoms with Gasteiger partial charge >= 0.3 is 0 Å². The largest absolute Gasteiger partial charge is 0.351 e. The highest BCUT2D eigenvalue weighted by molar-refractivity contribution is 7.91. The van der Waals surface area contributed by atoms with Crippen LogP contribution in [0.5, 0.6) is 0 Å². The van der Waals surface area contributed by atoms with Gasteiger partial charge in [0.15, 0.2) is 9.84 Å². The number of rotatable bonds is 6. The molecule has 2 aromatic carbocycles. The summed E-state index contributed by atoms with van der Waals surface area (Å²) in [7, 11) is -3.59. The van der Waals surface area contributed by atoms with Gasteiger partial charge < -0.3 is 5.32 Å². The number of carbonyl (C=O) groups is 1. The van der Waals surface area contributed by atoms with Gasteiger partial charge in [0.05, 0.1) is 16.3 Å². The maximum atomic E-state index is 12.9. The van der Waals surface area contributed by atoms with E-state index >= 15 is 0 Å². The first-order valence-electron chi connectivity index (χ1n) is 7.82. The van der Waals surface area contributed by atoms with Gasteiger partial charge in [0, 0.05) is 24.5 Å². The molecule has 0 saturated carbocycles. The molecule has 0 unspecified atom stereocenters. The highest BCUT2D eigenvalue weighted by atomic mass is 32.2. The molecule has 0 spiro atoms. The van der Waals surface area contributed by atoms with Crippen LogP contribution in [0.25, 0.3) is 5.69 Å². The van der Waals surface area contributed by atoms with Crippen molar-refractivity contribution in [1.82, 2.24) is 15.1 Å². The van der Waals surface area contributed by atoms with Crippen LogP contribution in [-0.4, -0.2) is 36.4 Å². The van der Waals surface area contributed by atoms with Gasteiger partial charge in [0.1, 0.15) is 5.82 Å². The fourth-order valence-corrected chi connectivity index (χ4v) is 3.53. The van der Waals surface area contributed by atoms with Gasteiger partial charge in [-0.1, -0.05) is 6.07 Å². The van der Waals surface area contributed by atoms with Crippen LogP contribution in [-0.2, 0) is 9.84 Å². The standard InChI is InChI=1S/C18H16FN3O3S/c19-15-5-7-17(8-6-15)26(24,25)12-10-20-18(23)14-3-1-4-16(13-14)22-11-2-9-21-22/h1-9,11,13H,10,12H2,(H,20,23). The zero-order chi connectivity index (χ0) is 18.6. The van der Waals surface area contributed by atoms with E-state index in [1.54, 1.807) is 41.3 Å². The molecule has 3 rings (SSSR count). The van der Waals surface area contributed by atoms with Crippen molar-refractivity contribution in [3.63, 3.8) is 0 Å². The Bertz CT molecular complexity index is 1000. The summed E-state index contributed by atoms with van der Waals surface area (Å²) in [6, 6.07) is 13.2. The molecular formula is C18H16FN3O3S. The second-order valence-corrected chi connectivity index (χ2v) is 7.64. The summed E-state index contributed by atoms with van der Waals surface area (Å²) in [5.41, 5.74) is 1.12. The number of hydrogen-bond acceptors (Lipinski definition) is 4. The minimum Gasteiger partial charge on any atom is -0.351 e. The Morgan fingerprint density at radius 2 is 1.88 bits per heavy atom. The van der Waals surface area contributed by atoms with Gasteiger partial charge in [0.2, 0.25) is 0 Å². The van der Waals surface area contributed by atoms with Crippen molar-refractivity contribution in [2.24, 2.45) is 0 Å². The van der Waals surface area contributed by atoms with Gasteiger partial charge in [-0.15, -0.1) is 0 Å². The molecule has 0 saturated heterocycles. The number of amides is 1. The van der Waals surface area contributed by atoms with E-state index < -0.39 is 15.7 Å². The van der Waals surface area contributed by atoms with Crippen molar-refractivity contribution in [3.05, 3.63) is 78.4 Å². The molecule has 1 N–H and O–H groups in total. The fourth-order valence-electron chi connectivity index (χ4n) is 2.37. The Balaban J connectivity index is 1.62. The molecule has 1 aromatic heterocycles. The van der Waals surface area contributed by atoms with Crippen LogP contribution < -0.4 is 5.32 Å². The molecule has 6 nitrogen and oxygen atoms in total. The highest BCUT2D eigenvalue weighted by Crippen LogP contribution is 2.12. The average Bonchev–Trinajstić information content (AvgIpc) is 3.17. The summed E-state index contributed by atoms with van der Waals surface area (Å²) < 4.78 is 38.9. The van der Waals surface area contributed by atoms with Gasteiger partial charge in [-0.3, -0.25) is 4.79 Å². The van der Waals surface area contributed by atoms with E-state index in [4.69, 9.17) is 0 Å². The SMILES string of the molecule is O=C(NCCS(=O)(=O)c1ccc(F)cc1)c1cccc(-n2cccn2)c1. The Labute approximate surface area is 150 Å². The number of halogens is 1. The molecule has 0 atom stereocenters. The zero-order valence-electron chi connectivity index (χ0n) is 13.7. The van der Waals surface area contributed by atoms with E-state index in [0.29, 0.717) is 5.56 Å². The summed E-state index contributed by atoms with van der Waals surface area (Å²) in [5.74, 6) is -1.16. The fraction of sp³-hybridized carbons (Fsp3) is 0.111. The predicted molar refractivity (Wildman–Crippen MR) is 94.4 cm³/mol. The van der Waals surface area contributed by atoms with E-state index in [0.717, 1.165) is 17.8 Å². The number of aromatic nitrogens is 2. The highest BCUT2D eigenvalue weighted by Gasteiger charge is 2.15. The van der Waals surface area contributed by atoms with Crippen LogP contribution in [0.4, 0.5) is 4.39 Å². The third-order valence-corrected chi connectivity index (χ3v) is 5.44. The number of benzene rings is 2.